The van der Waals surface area contributed by atoms with Crippen LogP contribution in [0.1, 0.15) is 0 Å². The molecule has 0 unspecified atom stereocenters. The van der Waals surface area contributed by atoms with Crippen LogP contribution in [0.3, 0.4) is 0 Å². The van der Waals surface area contributed by atoms with Crippen molar-refractivity contribution in [3.8, 4) is 0 Å². The summed E-state index contributed by atoms with van der Waals surface area (Å²) in [7, 11) is 0. The largest absolute Gasteiger partial charge is 0.724 e. The molecule has 4 nitrogen and oxygen atoms in total. The summed E-state index contributed by atoms with van der Waals surface area (Å²) in [6.45, 7) is 0. The van der Waals surface area contributed by atoms with Gasteiger partial charge in [0.25, 0.3) is 0 Å². The van der Waals surface area contributed by atoms with E-state index in [2.05, 4.69) is 0 Å². The fourth-order valence-electron chi connectivity index (χ4n) is 0. The smallest absolute Gasteiger partial charge is 0 e. The Balaban J connectivity index is -0.0000000400. The zero-order valence-electron chi connectivity index (χ0n) is 3.01. The van der Waals surface area contributed by atoms with Crippen LogP contribution in [-0.4, -0.2) is 12.2 Å². The fourth-order valence-corrected chi connectivity index (χ4v) is 0. The van der Waals surface area contributed by atoms with E-state index in [9.17, 15) is 0 Å². The Labute approximate surface area is 55.4 Å². The van der Waals surface area contributed by atoms with Crippen molar-refractivity contribution in [2.45, 2.75) is 0 Å². The molecule has 43 valence electrons. The monoisotopic (exact) mass is 191 g/mol. The van der Waals surface area contributed by atoms with Crippen molar-refractivity contribution in [1.29, 1.82) is 0 Å². The molecule has 0 heterocycles. The summed E-state index contributed by atoms with van der Waals surface area (Å²) < 4.78 is 0. The molecule has 0 aliphatic rings. The molecule has 0 saturated heterocycles. The first kappa shape index (κ1) is 16.1. The van der Waals surface area contributed by atoms with Crippen LogP contribution in [0.2, 0.25) is 0 Å². The normalized spacial score (nSPS) is 2.29. The summed E-state index contributed by atoms with van der Waals surface area (Å²) in [4.78, 5) is 16.5. The van der Waals surface area contributed by atoms with Gasteiger partial charge in [-0.3, -0.25) is 9.59 Å². The second kappa shape index (κ2) is 49.5. The van der Waals surface area contributed by atoms with E-state index in [1.807, 2.05) is 0 Å². The SMILES string of the molecule is [Ag].[N-]=C=O.[N-]=C=O. The molecule has 0 fully saturated rings. The maximum Gasteiger partial charge on any atom is 0 e. The van der Waals surface area contributed by atoms with Gasteiger partial charge in [0.15, 0.2) is 0 Å². The number of isocyanates is 2. The average Bonchev–Trinajstić information content (AvgIpc) is 1.39. The second-order valence-corrected chi connectivity index (χ2v) is 0.183. The summed E-state index contributed by atoms with van der Waals surface area (Å²) in [6, 6.07) is 0. The summed E-state index contributed by atoms with van der Waals surface area (Å²) in [5.41, 5.74) is 0. The molecule has 7 heavy (non-hydrogen) atoms. The predicted molar refractivity (Wildman–Crippen MR) is 18.1 cm³/mol. The van der Waals surface area contributed by atoms with Gasteiger partial charge in [-0.1, -0.05) is 0 Å². The maximum atomic E-state index is 8.24. The number of hydrogen-bond donors (Lipinski definition) is 0. The van der Waals surface area contributed by atoms with E-state index in [1.165, 1.54) is 0 Å². The molecule has 0 aromatic carbocycles. The number of hydrogen-bond acceptors (Lipinski definition) is 2. The van der Waals surface area contributed by atoms with Gasteiger partial charge in [-0.25, -0.2) is 0 Å². The van der Waals surface area contributed by atoms with Crippen molar-refractivity contribution in [2.75, 3.05) is 0 Å². The Morgan fingerprint density at radius 1 is 1.00 bits per heavy atom. The first-order valence-electron chi connectivity index (χ1n) is 0.855. The molecule has 0 aromatic rings. The average molecular weight is 192 g/mol. The third-order valence-corrected chi connectivity index (χ3v) is 0. The molecule has 0 aliphatic carbocycles. The van der Waals surface area contributed by atoms with Gasteiger partial charge in [-0.05, 0) is 12.2 Å². The van der Waals surface area contributed by atoms with Crippen LogP contribution < -0.4 is 0 Å². The second-order valence-electron chi connectivity index (χ2n) is 0.183. The fraction of sp³-hybridized carbons (Fsp3) is 0. The van der Waals surface area contributed by atoms with Crippen LogP contribution in [0.4, 0.5) is 0 Å². The maximum absolute atomic E-state index is 8.24. The van der Waals surface area contributed by atoms with E-state index in [0.717, 1.165) is 0 Å². The first-order valence-corrected chi connectivity index (χ1v) is 0.855. The summed E-state index contributed by atoms with van der Waals surface area (Å²) in [6.07, 6.45) is 1.00. The molecular weight excluding hydrogens is 192 g/mol. The number of rotatable bonds is 0. The molecule has 5 heteroatoms. The van der Waals surface area contributed by atoms with Crippen molar-refractivity contribution in [1.82, 2.24) is 0 Å². The molecule has 0 rings (SSSR count). The zero-order valence-corrected chi connectivity index (χ0v) is 4.49. The minimum absolute atomic E-state index is 0. The van der Waals surface area contributed by atoms with Crippen LogP contribution >= 0.6 is 0 Å². The minimum Gasteiger partial charge on any atom is -0.724 e. The van der Waals surface area contributed by atoms with Gasteiger partial charge in [-0.15, -0.1) is 0 Å². The molecule has 0 atom stereocenters. The van der Waals surface area contributed by atoms with Crippen LogP contribution in [0.15, 0.2) is 0 Å². The summed E-state index contributed by atoms with van der Waals surface area (Å²) in [5, 5.41) is 13.5. The Kier molecular flexibility index (Phi) is 113. The Morgan fingerprint density at radius 3 is 1.00 bits per heavy atom. The number of carbonyl (C=O) groups excluding carboxylic acids is 2. The molecule has 0 saturated carbocycles. The molecule has 0 spiro atoms. The van der Waals surface area contributed by atoms with Crippen LogP contribution in [0, 0.1) is 0 Å². The van der Waals surface area contributed by atoms with E-state index in [0.29, 0.717) is 12.2 Å². The van der Waals surface area contributed by atoms with Gasteiger partial charge in [0.1, 0.15) is 0 Å². The minimum atomic E-state index is 0. The molecular formula is C2AgN2O2-2. The molecule has 1 radical (unpaired) electrons. The van der Waals surface area contributed by atoms with Gasteiger partial charge in [-0.2, -0.15) is 0 Å². The molecule has 0 N–H and O–H groups in total. The van der Waals surface area contributed by atoms with Gasteiger partial charge in [0, 0.05) is 22.4 Å². The predicted octanol–water partition coefficient (Wildman–Crippen LogP) is -0.219. The number of nitrogens with zero attached hydrogens (tertiary/aromatic N) is 2. The van der Waals surface area contributed by atoms with Crippen molar-refractivity contribution in [3.63, 3.8) is 0 Å². The van der Waals surface area contributed by atoms with Crippen molar-refractivity contribution >= 4 is 12.2 Å². The van der Waals surface area contributed by atoms with Gasteiger partial charge < -0.3 is 10.8 Å². The Hall–Kier alpha value is -0.500. The zero-order chi connectivity index (χ0) is 5.41. The Bertz CT molecular complexity index is 67.7. The summed E-state index contributed by atoms with van der Waals surface area (Å²) in [5.74, 6) is 0. The van der Waals surface area contributed by atoms with Crippen LogP contribution in [-0.2, 0) is 32.0 Å². The quantitative estimate of drug-likeness (QED) is 0.302. The van der Waals surface area contributed by atoms with Crippen LogP contribution in [0.25, 0.3) is 10.8 Å². The van der Waals surface area contributed by atoms with E-state index in [1.54, 1.807) is 0 Å². The summed E-state index contributed by atoms with van der Waals surface area (Å²) >= 11 is 0. The van der Waals surface area contributed by atoms with E-state index >= 15 is 0 Å². The molecule has 0 aliphatic heterocycles. The Morgan fingerprint density at radius 2 is 1.00 bits per heavy atom. The van der Waals surface area contributed by atoms with Crippen LogP contribution in [0.5, 0.6) is 0 Å². The van der Waals surface area contributed by atoms with E-state index < -0.39 is 0 Å². The van der Waals surface area contributed by atoms with Crippen molar-refractivity contribution in [2.24, 2.45) is 0 Å². The van der Waals surface area contributed by atoms with Crippen molar-refractivity contribution < 1.29 is 32.0 Å². The van der Waals surface area contributed by atoms with E-state index in [-0.39, 0.29) is 22.4 Å². The standard InChI is InChI=1S/2CNO.Ag/c2*2-1-3;/q2*-1;. The molecule has 0 amide bonds. The van der Waals surface area contributed by atoms with Gasteiger partial charge >= 0.3 is 0 Å². The molecule has 0 aromatic heterocycles. The van der Waals surface area contributed by atoms with Gasteiger partial charge in [0.2, 0.25) is 0 Å². The first-order chi connectivity index (χ1) is 2.83. The van der Waals surface area contributed by atoms with Crippen molar-refractivity contribution in [3.05, 3.63) is 10.8 Å². The third kappa shape index (κ3) is 270. The topological polar surface area (TPSA) is 78.7 Å². The molecule has 0 bridgehead atoms. The van der Waals surface area contributed by atoms with E-state index in [4.69, 9.17) is 20.4 Å². The van der Waals surface area contributed by atoms with Gasteiger partial charge in [0.05, 0.1) is 0 Å². The third-order valence-electron chi connectivity index (χ3n) is 0.